The van der Waals surface area contributed by atoms with E-state index in [4.69, 9.17) is 14.6 Å². The predicted molar refractivity (Wildman–Crippen MR) is 56.1 cm³/mol. The summed E-state index contributed by atoms with van der Waals surface area (Å²) in [6.45, 7) is 1.32. The van der Waals surface area contributed by atoms with Crippen molar-refractivity contribution in [2.24, 2.45) is 0 Å². The fraction of sp³-hybridized carbons (Fsp3) is 0.778. The van der Waals surface area contributed by atoms with Crippen LogP contribution < -0.4 is 10.6 Å². The van der Waals surface area contributed by atoms with Gasteiger partial charge in [0.25, 0.3) is 0 Å². The molecule has 0 saturated heterocycles. The van der Waals surface area contributed by atoms with Gasteiger partial charge in [-0.25, -0.2) is 4.79 Å². The Kier molecular flexibility index (Phi) is 9.33. The van der Waals surface area contributed by atoms with E-state index >= 15 is 0 Å². The Morgan fingerprint density at radius 2 is 2.00 bits per heavy atom. The molecule has 0 rings (SSSR count). The molecule has 16 heavy (non-hydrogen) atoms. The van der Waals surface area contributed by atoms with E-state index in [9.17, 15) is 9.59 Å². The summed E-state index contributed by atoms with van der Waals surface area (Å²) in [5.41, 5.74) is 0. The topological polar surface area (TPSA) is 96.9 Å². The van der Waals surface area contributed by atoms with Crippen LogP contribution in [0.15, 0.2) is 0 Å². The number of carboxylic acid groups (broad SMARTS) is 1. The number of nitrogens with one attached hydrogen (secondary N) is 2. The number of carboxylic acids is 1. The Hall–Kier alpha value is -1.34. The number of urea groups is 1. The Morgan fingerprint density at radius 3 is 2.62 bits per heavy atom. The van der Waals surface area contributed by atoms with Gasteiger partial charge in [-0.15, -0.1) is 0 Å². The molecule has 7 nitrogen and oxygen atoms in total. The van der Waals surface area contributed by atoms with E-state index < -0.39 is 5.97 Å². The van der Waals surface area contributed by atoms with Gasteiger partial charge in [0.2, 0.25) is 0 Å². The van der Waals surface area contributed by atoms with Crippen LogP contribution in [0.2, 0.25) is 0 Å². The molecule has 0 aliphatic rings. The van der Waals surface area contributed by atoms with Gasteiger partial charge in [-0.2, -0.15) is 0 Å². The molecule has 0 atom stereocenters. The maximum absolute atomic E-state index is 11.0. The number of rotatable bonds is 9. The third kappa shape index (κ3) is 10.7. The maximum atomic E-state index is 11.0. The first-order valence-corrected chi connectivity index (χ1v) is 4.97. The fourth-order valence-electron chi connectivity index (χ4n) is 0.835. The highest BCUT2D eigenvalue weighted by Crippen LogP contribution is 1.85. The minimum Gasteiger partial charge on any atom is -0.481 e. The van der Waals surface area contributed by atoms with E-state index in [1.165, 1.54) is 0 Å². The van der Waals surface area contributed by atoms with Gasteiger partial charge < -0.3 is 25.2 Å². The zero-order chi connectivity index (χ0) is 12.2. The molecule has 0 aromatic rings. The standard InChI is InChI=1S/C9H18N2O5/c1-15-5-6-16-7-11-9(14)10-4-2-3-8(12)13/h2-7H2,1H3,(H,12,13)(H2,10,11,14). The monoisotopic (exact) mass is 234 g/mol. The molecule has 0 saturated carbocycles. The number of aliphatic carboxylic acids is 1. The summed E-state index contributed by atoms with van der Waals surface area (Å²) in [5, 5.41) is 13.3. The van der Waals surface area contributed by atoms with Crippen molar-refractivity contribution in [3.8, 4) is 0 Å². The van der Waals surface area contributed by atoms with Crippen molar-refractivity contribution in [2.45, 2.75) is 12.8 Å². The van der Waals surface area contributed by atoms with Gasteiger partial charge in [-0.3, -0.25) is 4.79 Å². The molecule has 0 aliphatic carbocycles. The van der Waals surface area contributed by atoms with Crippen LogP contribution in [-0.4, -0.2) is 50.7 Å². The van der Waals surface area contributed by atoms with Crippen molar-refractivity contribution >= 4 is 12.0 Å². The van der Waals surface area contributed by atoms with Crippen LogP contribution in [0.25, 0.3) is 0 Å². The summed E-state index contributed by atoms with van der Waals surface area (Å²) in [5.74, 6) is -0.870. The lowest BCUT2D eigenvalue weighted by Crippen LogP contribution is -2.37. The molecular weight excluding hydrogens is 216 g/mol. The molecule has 7 heteroatoms. The third-order valence-corrected chi connectivity index (χ3v) is 1.62. The quantitative estimate of drug-likeness (QED) is 0.378. The Balaban J connectivity index is 3.21. The molecule has 0 aromatic heterocycles. The van der Waals surface area contributed by atoms with Crippen LogP contribution in [-0.2, 0) is 14.3 Å². The summed E-state index contributed by atoms with van der Waals surface area (Å²) in [7, 11) is 1.56. The molecule has 0 radical (unpaired) electrons. The van der Waals surface area contributed by atoms with Gasteiger partial charge in [-0.1, -0.05) is 0 Å². The average molecular weight is 234 g/mol. The number of hydrogen-bond acceptors (Lipinski definition) is 4. The van der Waals surface area contributed by atoms with Gasteiger partial charge in [-0.05, 0) is 6.42 Å². The Bertz CT molecular complexity index is 210. The van der Waals surface area contributed by atoms with Gasteiger partial charge in [0.1, 0.15) is 6.73 Å². The van der Waals surface area contributed by atoms with Crippen LogP contribution in [0.5, 0.6) is 0 Å². The van der Waals surface area contributed by atoms with Gasteiger partial charge in [0.15, 0.2) is 0 Å². The Labute approximate surface area is 94.1 Å². The van der Waals surface area contributed by atoms with Crippen molar-refractivity contribution in [3.05, 3.63) is 0 Å². The highest BCUT2D eigenvalue weighted by Gasteiger charge is 2.00. The normalized spacial score (nSPS) is 9.81. The Morgan fingerprint density at radius 1 is 1.25 bits per heavy atom. The number of carbonyl (C=O) groups excluding carboxylic acids is 1. The first kappa shape index (κ1) is 14.7. The van der Waals surface area contributed by atoms with Crippen molar-refractivity contribution in [1.82, 2.24) is 10.6 Å². The molecule has 0 aliphatic heterocycles. The molecule has 0 heterocycles. The lowest BCUT2D eigenvalue weighted by Gasteiger charge is -2.07. The largest absolute Gasteiger partial charge is 0.481 e. The van der Waals surface area contributed by atoms with Crippen LogP contribution >= 0.6 is 0 Å². The van der Waals surface area contributed by atoms with E-state index in [0.717, 1.165) is 0 Å². The second-order valence-electron chi connectivity index (χ2n) is 2.98. The van der Waals surface area contributed by atoms with Crippen molar-refractivity contribution < 1.29 is 24.2 Å². The van der Waals surface area contributed by atoms with Crippen molar-refractivity contribution in [1.29, 1.82) is 0 Å². The minimum absolute atomic E-state index is 0.0462. The highest BCUT2D eigenvalue weighted by molar-refractivity contribution is 5.73. The summed E-state index contributed by atoms with van der Waals surface area (Å²) >= 11 is 0. The van der Waals surface area contributed by atoms with Gasteiger partial charge in [0, 0.05) is 20.1 Å². The molecule has 0 bridgehead atoms. The van der Waals surface area contributed by atoms with Crippen LogP contribution in [0.1, 0.15) is 12.8 Å². The highest BCUT2D eigenvalue weighted by atomic mass is 16.5. The summed E-state index contributed by atoms with van der Waals surface area (Å²) in [6, 6.07) is -0.372. The zero-order valence-electron chi connectivity index (χ0n) is 9.32. The minimum atomic E-state index is -0.870. The zero-order valence-corrected chi connectivity index (χ0v) is 9.32. The smallest absolute Gasteiger partial charge is 0.316 e. The third-order valence-electron chi connectivity index (χ3n) is 1.62. The molecule has 0 unspecified atom stereocenters. The average Bonchev–Trinajstić information content (AvgIpc) is 2.24. The number of ether oxygens (including phenoxy) is 2. The van der Waals surface area contributed by atoms with Crippen LogP contribution in [0.3, 0.4) is 0 Å². The molecule has 94 valence electrons. The summed E-state index contributed by atoms with van der Waals surface area (Å²) in [6.07, 6.45) is 0.456. The molecule has 0 aromatic carbocycles. The van der Waals surface area contributed by atoms with E-state index in [0.29, 0.717) is 26.2 Å². The predicted octanol–water partition coefficient (Wildman–Crippen LogP) is -0.229. The molecular formula is C9H18N2O5. The SMILES string of the molecule is COCCOCNC(=O)NCCCC(=O)O. The fourth-order valence-corrected chi connectivity index (χ4v) is 0.835. The van der Waals surface area contributed by atoms with Crippen molar-refractivity contribution in [2.75, 3.05) is 33.6 Å². The van der Waals surface area contributed by atoms with E-state index in [1.54, 1.807) is 7.11 Å². The summed E-state index contributed by atoms with van der Waals surface area (Å²) < 4.78 is 9.74. The summed E-state index contributed by atoms with van der Waals surface area (Å²) in [4.78, 5) is 21.2. The number of hydrogen-bond donors (Lipinski definition) is 3. The van der Waals surface area contributed by atoms with Crippen molar-refractivity contribution in [3.63, 3.8) is 0 Å². The van der Waals surface area contributed by atoms with E-state index in [2.05, 4.69) is 10.6 Å². The lowest BCUT2D eigenvalue weighted by molar-refractivity contribution is -0.137. The number of methoxy groups -OCH3 is 1. The van der Waals surface area contributed by atoms with Crippen LogP contribution in [0, 0.1) is 0 Å². The van der Waals surface area contributed by atoms with E-state index in [1.807, 2.05) is 0 Å². The number of amides is 2. The molecule has 0 fully saturated rings. The second kappa shape index (κ2) is 10.2. The first-order chi connectivity index (χ1) is 7.66. The molecule has 0 spiro atoms. The second-order valence-corrected chi connectivity index (χ2v) is 2.98. The van der Waals surface area contributed by atoms with Gasteiger partial charge in [0.05, 0.1) is 13.2 Å². The first-order valence-electron chi connectivity index (χ1n) is 4.97. The van der Waals surface area contributed by atoms with Crippen LogP contribution in [0.4, 0.5) is 4.79 Å². The molecule has 2 amide bonds. The number of carbonyl (C=O) groups is 2. The van der Waals surface area contributed by atoms with Gasteiger partial charge >= 0.3 is 12.0 Å². The lowest BCUT2D eigenvalue weighted by atomic mass is 10.3. The van der Waals surface area contributed by atoms with E-state index in [-0.39, 0.29) is 19.2 Å². The molecule has 3 N–H and O–H groups in total. The maximum Gasteiger partial charge on any atom is 0.316 e.